The van der Waals surface area contributed by atoms with Crippen LogP contribution in [0, 0.1) is 0 Å². The summed E-state index contributed by atoms with van der Waals surface area (Å²) in [5.74, 6) is -2.07. The second-order valence-corrected chi connectivity index (χ2v) is 12.0. The Morgan fingerprint density at radius 1 is 1.03 bits per heavy atom. The van der Waals surface area contributed by atoms with Crippen LogP contribution < -0.4 is 5.32 Å². The molecule has 2 aromatic carbocycles. The fourth-order valence-electron chi connectivity index (χ4n) is 6.55. The summed E-state index contributed by atoms with van der Waals surface area (Å²) in [7, 11) is 0. The molecule has 9 heteroatoms. The van der Waals surface area contributed by atoms with Crippen LogP contribution in [-0.4, -0.2) is 89.5 Å². The minimum atomic E-state index is -1.16. The third-order valence-corrected chi connectivity index (χ3v) is 8.62. The Labute approximate surface area is 229 Å². The van der Waals surface area contributed by atoms with Crippen molar-refractivity contribution >= 4 is 6.09 Å². The summed E-state index contributed by atoms with van der Waals surface area (Å²) < 4.78 is 23.8. The van der Waals surface area contributed by atoms with Crippen LogP contribution in [0.4, 0.5) is 4.79 Å². The highest BCUT2D eigenvalue weighted by molar-refractivity contribution is 5.79. The Kier molecular flexibility index (Phi) is 6.73. The van der Waals surface area contributed by atoms with Crippen LogP contribution >= 0.6 is 0 Å². The normalized spacial score (nSPS) is 31.3. The van der Waals surface area contributed by atoms with Crippen LogP contribution in [0.5, 0.6) is 0 Å². The summed E-state index contributed by atoms with van der Waals surface area (Å²) in [5, 5.41) is 23.8. The molecule has 2 aromatic rings. The zero-order chi connectivity index (χ0) is 27.4. The summed E-state index contributed by atoms with van der Waals surface area (Å²) in [4.78, 5) is 15.1. The Bertz CT molecular complexity index is 1180. The summed E-state index contributed by atoms with van der Waals surface area (Å²) in [6, 6.07) is 16.6. The van der Waals surface area contributed by atoms with Gasteiger partial charge in [0, 0.05) is 24.5 Å². The predicted molar refractivity (Wildman–Crippen MR) is 143 cm³/mol. The number of carbonyl (C=O) groups excluding carboxylic acids is 1. The number of fused-ring (bicyclic) bond motifs is 4. The number of aliphatic hydroxyl groups excluding tert-OH is 2. The molecule has 0 unspecified atom stereocenters. The van der Waals surface area contributed by atoms with Gasteiger partial charge < -0.3 is 34.5 Å². The molecule has 4 atom stereocenters. The van der Waals surface area contributed by atoms with Gasteiger partial charge in [-0.1, -0.05) is 48.5 Å². The first-order valence-corrected chi connectivity index (χ1v) is 13.8. The van der Waals surface area contributed by atoms with Crippen LogP contribution in [-0.2, 0) is 18.9 Å². The Morgan fingerprint density at radius 2 is 1.64 bits per heavy atom. The highest BCUT2D eigenvalue weighted by Crippen LogP contribution is 2.45. The van der Waals surface area contributed by atoms with Crippen molar-refractivity contribution in [3.63, 3.8) is 0 Å². The van der Waals surface area contributed by atoms with E-state index in [0.717, 1.165) is 0 Å². The van der Waals surface area contributed by atoms with E-state index < -0.39 is 41.5 Å². The minimum absolute atomic E-state index is 0.0206. The van der Waals surface area contributed by atoms with Crippen molar-refractivity contribution in [1.29, 1.82) is 0 Å². The third-order valence-electron chi connectivity index (χ3n) is 8.62. The summed E-state index contributed by atoms with van der Waals surface area (Å²) in [6.45, 7) is 7.65. The molecule has 210 valence electrons. The third kappa shape index (κ3) is 4.96. The zero-order valence-corrected chi connectivity index (χ0v) is 22.8. The SMILES string of the molecule is CC1(NC(=O)OCC2c3ccccc3-c3ccccc32)CCN(C[C@@]23OC[C@@H](O)[C@@H](O)[C@@H]2OC(C)(C)O3)CC1. The van der Waals surface area contributed by atoms with Crippen LogP contribution in [0.2, 0.25) is 0 Å². The first-order valence-electron chi connectivity index (χ1n) is 13.8. The number of ether oxygens (including phenoxy) is 4. The maximum atomic E-state index is 12.9. The summed E-state index contributed by atoms with van der Waals surface area (Å²) >= 11 is 0. The van der Waals surface area contributed by atoms with E-state index in [4.69, 9.17) is 18.9 Å². The van der Waals surface area contributed by atoms with E-state index in [1.807, 2.05) is 31.2 Å². The lowest BCUT2D eigenvalue weighted by Crippen LogP contribution is -2.64. The maximum Gasteiger partial charge on any atom is 0.407 e. The maximum absolute atomic E-state index is 12.9. The van der Waals surface area contributed by atoms with E-state index in [-0.39, 0.29) is 19.1 Å². The number of nitrogens with zero attached hydrogens (tertiary/aromatic N) is 1. The first kappa shape index (κ1) is 26.7. The molecule has 0 aromatic heterocycles. The number of nitrogens with one attached hydrogen (secondary N) is 1. The lowest BCUT2D eigenvalue weighted by Gasteiger charge is -2.46. The Hall–Kier alpha value is -2.53. The fourth-order valence-corrected chi connectivity index (χ4v) is 6.55. The van der Waals surface area contributed by atoms with Crippen LogP contribution in [0.25, 0.3) is 11.1 Å². The van der Waals surface area contributed by atoms with Gasteiger partial charge in [0.1, 0.15) is 24.9 Å². The first-order chi connectivity index (χ1) is 18.6. The molecule has 3 aliphatic heterocycles. The van der Waals surface area contributed by atoms with Gasteiger partial charge in [0.25, 0.3) is 0 Å². The smallest absolute Gasteiger partial charge is 0.407 e. The van der Waals surface area contributed by atoms with Crippen molar-refractivity contribution in [2.24, 2.45) is 0 Å². The number of piperidine rings is 1. The number of benzene rings is 2. The van der Waals surface area contributed by atoms with Gasteiger partial charge in [-0.05, 0) is 55.9 Å². The molecule has 9 nitrogen and oxygen atoms in total. The largest absolute Gasteiger partial charge is 0.449 e. The van der Waals surface area contributed by atoms with Gasteiger partial charge in [-0.2, -0.15) is 0 Å². The van der Waals surface area contributed by atoms with Crippen LogP contribution in [0.3, 0.4) is 0 Å². The summed E-state index contributed by atoms with van der Waals surface area (Å²) in [6.07, 6.45) is -1.88. The van der Waals surface area contributed by atoms with Gasteiger partial charge in [0.2, 0.25) is 5.79 Å². The molecule has 3 fully saturated rings. The van der Waals surface area contributed by atoms with Crippen LogP contribution in [0.1, 0.15) is 50.7 Å². The predicted octanol–water partition coefficient (Wildman–Crippen LogP) is 2.98. The fraction of sp³-hybridized carbons (Fsp3) is 0.567. The van der Waals surface area contributed by atoms with Gasteiger partial charge in [0.05, 0.1) is 13.2 Å². The molecule has 6 rings (SSSR count). The molecule has 3 N–H and O–H groups in total. The van der Waals surface area contributed by atoms with Gasteiger partial charge in [-0.15, -0.1) is 0 Å². The number of carbonyl (C=O) groups is 1. The average Bonchev–Trinajstić information content (AvgIpc) is 3.38. The van der Waals surface area contributed by atoms with Gasteiger partial charge in [-0.25, -0.2) is 4.79 Å². The number of hydrogen-bond acceptors (Lipinski definition) is 8. The van der Waals surface area contributed by atoms with Gasteiger partial charge in [-0.3, -0.25) is 4.90 Å². The lowest BCUT2D eigenvalue weighted by atomic mass is 9.88. The second-order valence-electron chi connectivity index (χ2n) is 12.0. The van der Waals surface area contributed by atoms with E-state index >= 15 is 0 Å². The number of alkyl carbamates (subject to hydrolysis) is 1. The van der Waals surface area contributed by atoms with E-state index in [0.29, 0.717) is 32.5 Å². The molecule has 0 saturated carbocycles. The lowest BCUT2D eigenvalue weighted by molar-refractivity contribution is -0.298. The molecule has 3 saturated heterocycles. The van der Waals surface area contributed by atoms with E-state index in [9.17, 15) is 15.0 Å². The number of hydrogen-bond donors (Lipinski definition) is 3. The molecule has 0 bridgehead atoms. The molecule has 4 aliphatic rings. The van der Waals surface area contributed by atoms with Crippen molar-refractivity contribution in [2.45, 2.75) is 75.0 Å². The molecule has 1 amide bonds. The molecular formula is C30H38N2O7. The van der Waals surface area contributed by atoms with Crippen molar-refractivity contribution in [2.75, 3.05) is 32.8 Å². The number of rotatable bonds is 5. The molecule has 1 aliphatic carbocycles. The summed E-state index contributed by atoms with van der Waals surface area (Å²) in [5.41, 5.74) is 4.37. The topological polar surface area (TPSA) is 110 Å². The molecular weight excluding hydrogens is 500 g/mol. The average molecular weight is 539 g/mol. The zero-order valence-electron chi connectivity index (χ0n) is 22.8. The van der Waals surface area contributed by atoms with E-state index in [2.05, 4.69) is 34.5 Å². The van der Waals surface area contributed by atoms with Crippen LogP contribution in [0.15, 0.2) is 48.5 Å². The van der Waals surface area contributed by atoms with Gasteiger partial charge in [0.15, 0.2) is 5.79 Å². The highest BCUT2D eigenvalue weighted by Gasteiger charge is 2.61. The second kappa shape index (κ2) is 9.83. The molecule has 0 spiro atoms. The Balaban J connectivity index is 1.05. The van der Waals surface area contributed by atoms with Gasteiger partial charge >= 0.3 is 6.09 Å². The monoisotopic (exact) mass is 538 g/mol. The molecule has 3 heterocycles. The number of aliphatic hydroxyl groups is 2. The highest BCUT2D eigenvalue weighted by atomic mass is 16.8. The standard InChI is InChI=1S/C30H38N2O7/c1-28(2)38-26-25(34)24(33)17-37-30(26,39-28)18-32-14-12-29(3,13-15-32)31-27(35)36-16-23-21-10-6-4-8-19(21)20-9-5-7-11-22(20)23/h4-11,23-26,33-34H,12-18H2,1-3H3,(H,31,35)/t24-,25-,26+,30+/m1/s1. The quantitative estimate of drug-likeness (QED) is 0.533. The number of likely N-dealkylation sites (tertiary alicyclic amines) is 1. The van der Waals surface area contributed by atoms with Crippen molar-refractivity contribution in [3.05, 3.63) is 59.7 Å². The van der Waals surface area contributed by atoms with Crippen molar-refractivity contribution in [3.8, 4) is 11.1 Å². The van der Waals surface area contributed by atoms with E-state index in [1.54, 1.807) is 13.8 Å². The molecule has 39 heavy (non-hydrogen) atoms. The number of amides is 1. The Morgan fingerprint density at radius 3 is 2.28 bits per heavy atom. The van der Waals surface area contributed by atoms with E-state index in [1.165, 1.54) is 22.3 Å². The van der Waals surface area contributed by atoms with Crippen molar-refractivity contribution in [1.82, 2.24) is 10.2 Å². The molecule has 0 radical (unpaired) electrons. The minimum Gasteiger partial charge on any atom is -0.449 e. The van der Waals surface area contributed by atoms with Crippen molar-refractivity contribution < 1.29 is 34.0 Å².